The van der Waals surface area contributed by atoms with Crippen LogP contribution in [0.25, 0.3) is 0 Å². The highest BCUT2D eigenvalue weighted by Crippen LogP contribution is 2.21. The number of quaternary nitrogens is 1. The summed E-state index contributed by atoms with van der Waals surface area (Å²) in [6, 6.07) is 0.354. The smallest absolute Gasteiger partial charge is 0.222 e. The van der Waals surface area contributed by atoms with Crippen molar-refractivity contribution in [3.8, 4) is 0 Å². The molecule has 1 aromatic rings. The monoisotopic (exact) mass is 166 g/mol. The highest BCUT2D eigenvalue weighted by molar-refractivity contribution is 5.46. The summed E-state index contributed by atoms with van der Waals surface area (Å²) in [7, 11) is 0. The van der Waals surface area contributed by atoms with Crippen LogP contribution in [0, 0.1) is 0 Å². The Kier molecular flexibility index (Phi) is 1.41. The lowest BCUT2D eigenvalue weighted by Crippen LogP contribution is -2.79. The van der Waals surface area contributed by atoms with Crippen LogP contribution in [-0.4, -0.2) is 9.97 Å². The molecule has 12 heavy (non-hydrogen) atoms. The molecule has 5 nitrogen and oxygen atoms in total. The standard InChI is InChI=1S/C7H11N5/c1-3-5-4(2-10-3)6(8)12-7(9)11-5/h3,10H,2H2,1H3,(H4,8,9,11,12)/p+1/t3-/m1/s1. The molecule has 0 fully saturated rings. The summed E-state index contributed by atoms with van der Waals surface area (Å²) in [6.45, 7) is 2.94. The predicted molar refractivity (Wildman–Crippen MR) is 44.9 cm³/mol. The predicted octanol–water partition coefficient (Wildman–Crippen LogP) is -1.22. The Labute approximate surface area is 70.2 Å². The zero-order chi connectivity index (χ0) is 8.72. The quantitative estimate of drug-likeness (QED) is 0.450. The Balaban J connectivity index is 2.60. The summed E-state index contributed by atoms with van der Waals surface area (Å²) >= 11 is 0. The number of aromatic nitrogens is 2. The highest BCUT2D eigenvalue weighted by Gasteiger charge is 2.26. The fourth-order valence-electron chi connectivity index (χ4n) is 1.53. The van der Waals surface area contributed by atoms with Crippen LogP contribution in [0.4, 0.5) is 11.8 Å². The lowest BCUT2D eigenvalue weighted by molar-refractivity contribution is -0.698. The van der Waals surface area contributed by atoms with Gasteiger partial charge in [-0.15, -0.1) is 0 Å². The minimum Gasteiger partial charge on any atom is -0.383 e. The van der Waals surface area contributed by atoms with Gasteiger partial charge in [0.05, 0.1) is 5.56 Å². The number of nitrogen functional groups attached to an aromatic ring is 2. The third-order valence-corrected chi connectivity index (χ3v) is 2.20. The van der Waals surface area contributed by atoms with Crippen LogP contribution < -0.4 is 16.8 Å². The number of fused-ring (bicyclic) bond motifs is 1. The molecular weight excluding hydrogens is 154 g/mol. The van der Waals surface area contributed by atoms with Crippen molar-refractivity contribution < 1.29 is 5.32 Å². The lowest BCUT2D eigenvalue weighted by Gasteiger charge is -2.01. The van der Waals surface area contributed by atoms with Crippen molar-refractivity contribution in [2.75, 3.05) is 11.5 Å². The Morgan fingerprint density at radius 2 is 2.17 bits per heavy atom. The van der Waals surface area contributed by atoms with Gasteiger partial charge in [0.25, 0.3) is 0 Å². The van der Waals surface area contributed by atoms with Gasteiger partial charge in [-0.2, -0.15) is 4.98 Å². The van der Waals surface area contributed by atoms with Crippen LogP contribution in [0.5, 0.6) is 0 Å². The van der Waals surface area contributed by atoms with Crippen molar-refractivity contribution in [3.05, 3.63) is 11.3 Å². The molecule has 64 valence electrons. The Hall–Kier alpha value is -1.36. The topological polar surface area (TPSA) is 94.4 Å². The minimum absolute atomic E-state index is 0.272. The van der Waals surface area contributed by atoms with E-state index in [9.17, 15) is 0 Å². The van der Waals surface area contributed by atoms with Gasteiger partial charge in [-0.3, -0.25) is 0 Å². The Bertz CT molecular complexity index is 322. The molecule has 0 amide bonds. The van der Waals surface area contributed by atoms with Crippen molar-refractivity contribution in [3.63, 3.8) is 0 Å². The number of nitrogens with two attached hydrogens (primary N) is 3. The second-order valence-corrected chi connectivity index (χ2v) is 3.06. The minimum atomic E-state index is 0.272. The number of anilines is 2. The van der Waals surface area contributed by atoms with Crippen molar-refractivity contribution in [2.24, 2.45) is 0 Å². The van der Waals surface area contributed by atoms with E-state index in [1.165, 1.54) is 0 Å². The van der Waals surface area contributed by atoms with Crippen LogP contribution in [-0.2, 0) is 6.54 Å². The average molecular weight is 166 g/mol. The second kappa shape index (κ2) is 2.31. The molecule has 1 aromatic heterocycles. The first-order valence-electron chi connectivity index (χ1n) is 3.93. The molecule has 0 aromatic carbocycles. The molecule has 0 radical (unpaired) electrons. The van der Waals surface area contributed by atoms with E-state index in [0.717, 1.165) is 17.8 Å². The third-order valence-electron chi connectivity index (χ3n) is 2.20. The van der Waals surface area contributed by atoms with E-state index in [-0.39, 0.29) is 5.95 Å². The van der Waals surface area contributed by atoms with E-state index in [1.54, 1.807) is 0 Å². The molecule has 2 heterocycles. The summed E-state index contributed by atoms with van der Waals surface area (Å²) in [5.74, 6) is 0.798. The van der Waals surface area contributed by atoms with Gasteiger partial charge in [-0.05, 0) is 6.92 Å². The molecule has 5 heteroatoms. The summed E-state index contributed by atoms with van der Waals surface area (Å²) in [6.07, 6.45) is 0. The van der Waals surface area contributed by atoms with E-state index in [0.29, 0.717) is 11.9 Å². The average Bonchev–Trinajstić information content (AvgIpc) is 2.33. The van der Waals surface area contributed by atoms with Gasteiger partial charge >= 0.3 is 0 Å². The second-order valence-electron chi connectivity index (χ2n) is 3.06. The van der Waals surface area contributed by atoms with Crippen molar-refractivity contribution >= 4 is 11.8 Å². The van der Waals surface area contributed by atoms with E-state index in [4.69, 9.17) is 11.5 Å². The molecule has 0 bridgehead atoms. The number of rotatable bonds is 0. The summed E-state index contributed by atoms with van der Waals surface area (Å²) in [5.41, 5.74) is 13.2. The SMILES string of the molecule is C[C@H]1[NH2+]Cc2c(N)nc(N)nc21. The molecular formula is C7H12N5+. The van der Waals surface area contributed by atoms with Crippen LogP contribution in [0.15, 0.2) is 0 Å². The largest absolute Gasteiger partial charge is 0.383 e. The summed E-state index contributed by atoms with van der Waals surface area (Å²) < 4.78 is 0. The molecule has 1 aliphatic rings. The van der Waals surface area contributed by atoms with Crippen LogP contribution in [0.1, 0.15) is 24.2 Å². The molecule has 0 saturated carbocycles. The Morgan fingerprint density at radius 1 is 1.42 bits per heavy atom. The summed E-state index contributed by atoms with van der Waals surface area (Å²) in [5, 5.41) is 2.16. The van der Waals surface area contributed by atoms with Gasteiger partial charge in [0, 0.05) is 0 Å². The van der Waals surface area contributed by atoms with Crippen LogP contribution in [0.3, 0.4) is 0 Å². The van der Waals surface area contributed by atoms with Gasteiger partial charge in [-0.1, -0.05) is 0 Å². The number of hydrogen-bond acceptors (Lipinski definition) is 4. The summed E-state index contributed by atoms with van der Waals surface area (Å²) in [4.78, 5) is 8.06. The molecule has 0 saturated heterocycles. The van der Waals surface area contributed by atoms with E-state index in [2.05, 4.69) is 22.2 Å². The first kappa shape index (κ1) is 7.30. The number of hydrogen-bond donors (Lipinski definition) is 3. The van der Waals surface area contributed by atoms with E-state index < -0.39 is 0 Å². The molecule has 0 spiro atoms. The fraction of sp³-hybridized carbons (Fsp3) is 0.429. The molecule has 0 aliphatic carbocycles. The van der Waals surface area contributed by atoms with Crippen LogP contribution >= 0.6 is 0 Å². The van der Waals surface area contributed by atoms with E-state index in [1.807, 2.05) is 0 Å². The van der Waals surface area contributed by atoms with Gasteiger partial charge in [0.1, 0.15) is 24.1 Å². The molecule has 0 unspecified atom stereocenters. The third kappa shape index (κ3) is 0.902. The van der Waals surface area contributed by atoms with Crippen molar-refractivity contribution in [2.45, 2.75) is 19.5 Å². The lowest BCUT2D eigenvalue weighted by atomic mass is 10.2. The van der Waals surface area contributed by atoms with Crippen molar-refractivity contribution in [1.82, 2.24) is 9.97 Å². The van der Waals surface area contributed by atoms with E-state index >= 15 is 0 Å². The molecule has 6 N–H and O–H groups in total. The van der Waals surface area contributed by atoms with Crippen LogP contribution in [0.2, 0.25) is 0 Å². The van der Waals surface area contributed by atoms with Gasteiger partial charge in [0.2, 0.25) is 5.95 Å². The highest BCUT2D eigenvalue weighted by atomic mass is 15.1. The molecule has 1 aliphatic heterocycles. The maximum atomic E-state index is 5.68. The molecule has 1 atom stereocenters. The number of nitrogens with zero attached hydrogens (tertiary/aromatic N) is 2. The van der Waals surface area contributed by atoms with Gasteiger partial charge in [-0.25, -0.2) is 4.98 Å². The first-order valence-corrected chi connectivity index (χ1v) is 3.93. The van der Waals surface area contributed by atoms with Crippen molar-refractivity contribution in [1.29, 1.82) is 0 Å². The Morgan fingerprint density at radius 3 is 2.92 bits per heavy atom. The zero-order valence-electron chi connectivity index (χ0n) is 6.91. The molecule has 2 rings (SSSR count). The maximum absolute atomic E-state index is 5.68. The van der Waals surface area contributed by atoms with Gasteiger partial charge in [0.15, 0.2) is 0 Å². The maximum Gasteiger partial charge on any atom is 0.222 e. The fourth-order valence-corrected chi connectivity index (χ4v) is 1.53. The first-order chi connectivity index (χ1) is 5.68. The zero-order valence-corrected chi connectivity index (χ0v) is 6.91. The normalized spacial score (nSPS) is 20.9. The van der Waals surface area contributed by atoms with Gasteiger partial charge < -0.3 is 16.8 Å².